The average Bonchev–Trinajstić information content (AvgIpc) is 3.51. The van der Waals surface area contributed by atoms with Crippen LogP contribution in [0.5, 0.6) is 0 Å². The van der Waals surface area contributed by atoms with Crippen molar-refractivity contribution in [1.29, 1.82) is 0 Å². The average molecular weight is 695 g/mol. The molecule has 7 aromatic rings. The van der Waals surface area contributed by atoms with Gasteiger partial charge in [0.05, 0.1) is 0 Å². The molecule has 0 heteroatoms. The predicted octanol–water partition coefficient (Wildman–Crippen LogP) is 13.6. The van der Waals surface area contributed by atoms with E-state index in [-0.39, 0.29) is 21.7 Å². The van der Waals surface area contributed by atoms with Crippen molar-refractivity contribution >= 4 is 21.5 Å². The second-order valence-electron chi connectivity index (χ2n) is 18.9. The van der Waals surface area contributed by atoms with Gasteiger partial charge in [0.2, 0.25) is 0 Å². The number of aryl methyl sites for hydroxylation is 2. The summed E-state index contributed by atoms with van der Waals surface area (Å²) >= 11 is 0. The molecule has 54 heavy (non-hydrogen) atoms. The molecule has 0 radical (unpaired) electrons. The minimum atomic E-state index is -0.117. The SMILES string of the molecule is Cc1cc2c3c4c(cccc14)C(C)(C)c1cc(C#Cc4ccc(-c5cc6c7c(c5)C(C)(C)c5cccc8c(C)cc(c-7c58)C6(C)C)cc4)cc(c1-3)C2(C)C. The Bertz CT molecular complexity index is 2980. The third kappa shape index (κ3) is 3.71. The summed E-state index contributed by atoms with van der Waals surface area (Å²) < 4.78 is 0. The topological polar surface area (TPSA) is 0 Å². The Morgan fingerprint density at radius 3 is 1.20 bits per heavy atom. The quantitative estimate of drug-likeness (QED) is 0.150. The highest BCUT2D eigenvalue weighted by Crippen LogP contribution is 2.62. The largest absolute Gasteiger partial charge is 0.0617 e. The number of hydrogen-bond donors (Lipinski definition) is 0. The van der Waals surface area contributed by atoms with Crippen molar-refractivity contribution in [3.63, 3.8) is 0 Å². The zero-order valence-corrected chi connectivity index (χ0v) is 33.2. The fourth-order valence-electron chi connectivity index (χ4n) is 11.4. The molecule has 0 atom stereocenters. The molecule has 0 N–H and O–H groups in total. The molecule has 0 spiro atoms. The van der Waals surface area contributed by atoms with Crippen LogP contribution in [-0.4, -0.2) is 0 Å². The second-order valence-corrected chi connectivity index (χ2v) is 18.9. The molecule has 0 amide bonds. The first kappa shape index (κ1) is 32.1. The third-order valence-corrected chi connectivity index (χ3v) is 14.5. The molecule has 0 saturated carbocycles. The standard InChI is InChI=1S/C54H46/c1-29-23-39-49-45-35(29)13-11-15-37(45)51(3,4)41-25-32(26-42(47(41)49)53(39,7)8)18-17-31-19-21-33(22-20-31)34-27-43-48-44(28-34)54(9,10)40-24-30(2)36-14-12-16-38(52(43,5)6)46(36)50(40)48/h11-16,19-28H,1-10H3. The summed E-state index contributed by atoms with van der Waals surface area (Å²) in [5.74, 6) is 7.22. The van der Waals surface area contributed by atoms with Gasteiger partial charge in [0.25, 0.3) is 0 Å². The maximum absolute atomic E-state index is 3.64. The molecular weight excluding hydrogens is 649 g/mol. The molecule has 0 unspecified atom stereocenters. The molecule has 0 nitrogen and oxygen atoms in total. The van der Waals surface area contributed by atoms with E-state index < -0.39 is 0 Å². The fraction of sp³-hybridized carbons (Fsp3) is 0.259. The Hall–Kier alpha value is -5.38. The molecular formula is C54H46. The minimum Gasteiger partial charge on any atom is -0.0617 e. The summed E-state index contributed by atoms with van der Waals surface area (Å²) in [6.45, 7) is 23.9. The van der Waals surface area contributed by atoms with E-state index in [1.165, 1.54) is 111 Å². The van der Waals surface area contributed by atoms with Crippen molar-refractivity contribution in [3.05, 3.63) is 164 Å². The third-order valence-electron chi connectivity index (χ3n) is 14.5. The van der Waals surface area contributed by atoms with Gasteiger partial charge in [-0.05, 0) is 161 Å². The molecule has 0 aliphatic heterocycles. The van der Waals surface area contributed by atoms with E-state index in [1.54, 1.807) is 0 Å². The first-order chi connectivity index (χ1) is 25.6. The van der Waals surface area contributed by atoms with Gasteiger partial charge in [0.15, 0.2) is 0 Å². The van der Waals surface area contributed by atoms with Gasteiger partial charge < -0.3 is 0 Å². The van der Waals surface area contributed by atoms with E-state index in [2.05, 4.69) is 178 Å². The van der Waals surface area contributed by atoms with Crippen molar-refractivity contribution in [2.45, 2.75) is 90.9 Å². The van der Waals surface area contributed by atoms with Gasteiger partial charge in [0, 0.05) is 32.8 Å². The van der Waals surface area contributed by atoms with Crippen LogP contribution in [0.1, 0.15) is 122 Å². The zero-order valence-electron chi connectivity index (χ0n) is 33.2. The summed E-state index contributed by atoms with van der Waals surface area (Å²) in [7, 11) is 0. The molecule has 4 aliphatic carbocycles. The number of rotatable bonds is 1. The Kier molecular flexibility index (Phi) is 5.84. The van der Waals surface area contributed by atoms with Crippen LogP contribution in [0.15, 0.2) is 97.1 Å². The Balaban J connectivity index is 1.00. The van der Waals surface area contributed by atoms with Crippen LogP contribution in [-0.2, 0) is 21.7 Å². The van der Waals surface area contributed by atoms with Crippen molar-refractivity contribution in [2.75, 3.05) is 0 Å². The van der Waals surface area contributed by atoms with Gasteiger partial charge in [-0.3, -0.25) is 0 Å². The van der Waals surface area contributed by atoms with Gasteiger partial charge in [-0.1, -0.05) is 128 Å². The lowest BCUT2D eigenvalue weighted by molar-refractivity contribution is 0.639. The monoisotopic (exact) mass is 694 g/mol. The fourth-order valence-corrected chi connectivity index (χ4v) is 11.4. The molecule has 0 saturated heterocycles. The van der Waals surface area contributed by atoms with Crippen molar-refractivity contribution in [3.8, 4) is 45.2 Å². The first-order valence-electron chi connectivity index (χ1n) is 19.8. The van der Waals surface area contributed by atoms with Crippen LogP contribution in [0.25, 0.3) is 54.9 Å². The van der Waals surface area contributed by atoms with Gasteiger partial charge in [-0.25, -0.2) is 0 Å². The maximum Gasteiger partial charge on any atom is 0.0255 e. The van der Waals surface area contributed by atoms with Crippen molar-refractivity contribution < 1.29 is 0 Å². The van der Waals surface area contributed by atoms with Gasteiger partial charge in [-0.2, -0.15) is 0 Å². The van der Waals surface area contributed by atoms with Gasteiger partial charge in [0.1, 0.15) is 0 Å². The molecule has 262 valence electrons. The van der Waals surface area contributed by atoms with E-state index in [0.29, 0.717) is 0 Å². The normalized spacial score (nSPS) is 17.5. The maximum atomic E-state index is 3.64. The van der Waals surface area contributed by atoms with E-state index in [4.69, 9.17) is 0 Å². The summed E-state index contributed by atoms with van der Waals surface area (Å²) in [5, 5.41) is 5.71. The summed E-state index contributed by atoms with van der Waals surface area (Å²) in [4.78, 5) is 0. The smallest absolute Gasteiger partial charge is 0.0255 e. The highest BCUT2D eigenvalue weighted by Gasteiger charge is 2.47. The van der Waals surface area contributed by atoms with Gasteiger partial charge in [-0.15, -0.1) is 0 Å². The van der Waals surface area contributed by atoms with Crippen LogP contribution >= 0.6 is 0 Å². The van der Waals surface area contributed by atoms with E-state index >= 15 is 0 Å². The molecule has 7 aromatic carbocycles. The van der Waals surface area contributed by atoms with E-state index in [9.17, 15) is 0 Å². The van der Waals surface area contributed by atoms with Crippen LogP contribution in [0.4, 0.5) is 0 Å². The predicted molar refractivity (Wildman–Crippen MR) is 228 cm³/mol. The number of benzene rings is 7. The van der Waals surface area contributed by atoms with Crippen LogP contribution in [0, 0.1) is 25.7 Å². The Morgan fingerprint density at radius 1 is 0.352 bits per heavy atom. The van der Waals surface area contributed by atoms with Gasteiger partial charge >= 0.3 is 0 Å². The Morgan fingerprint density at radius 2 is 0.741 bits per heavy atom. The minimum absolute atomic E-state index is 0.0695. The summed E-state index contributed by atoms with van der Waals surface area (Å²) in [6.07, 6.45) is 0. The highest BCUT2D eigenvalue weighted by molar-refractivity contribution is 6.11. The van der Waals surface area contributed by atoms with Crippen LogP contribution in [0.2, 0.25) is 0 Å². The van der Waals surface area contributed by atoms with Crippen LogP contribution in [0.3, 0.4) is 0 Å². The number of hydrogen-bond acceptors (Lipinski definition) is 0. The lowest BCUT2D eigenvalue weighted by Gasteiger charge is -2.35. The van der Waals surface area contributed by atoms with E-state index in [0.717, 1.165) is 11.1 Å². The summed E-state index contributed by atoms with van der Waals surface area (Å²) in [6, 6.07) is 37.5. The molecule has 0 bridgehead atoms. The molecule has 4 aliphatic rings. The molecule has 0 fully saturated rings. The van der Waals surface area contributed by atoms with Crippen LogP contribution < -0.4 is 0 Å². The van der Waals surface area contributed by atoms with Crippen molar-refractivity contribution in [1.82, 2.24) is 0 Å². The molecule has 0 heterocycles. The van der Waals surface area contributed by atoms with E-state index in [1.807, 2.05) is 0 Å². The van der Waals surface area contributed by atoms with Crippen molar-refractivity contribution in [2.24, 2.45) is 0 Å². The molecule has 11 rings (SSSR count). The lowest BCUT2D eigenvalue weighted by atomic mass is 9.67. The second kappa shape index (κ2) is 9.83. The molecule has 0 aromatic heterocycles. The zero-order chi connectivity index (χ0) is 37.4. The summed E-state index contributed by atoms with van der Waals surface area (Å²) in [5.41, 5.74) is 24.4. The Labute approximate surface area is 320 Å². The lowest BCUT2D eigenvalue weighted by Crippen LogP contribution is -2.24. The highest BCUT2D eigenvalue weighted by atomic mass is 14.5. The first-order valence-corrected chi connectivity index (χ1v) is 19.8.